The molecule has 5 nitrogen and oxygen atoms in total. The van der Waals surface area contributed by atoms with Gasteiger partial charge in [0.25, 0.3) is 0 Å². The molecule has 0 saturated carbocycles. The van der Waals surface area contributed by atoms with Crippen molar-refractivity contribution < 1.29 is 14.3 Å². The third-order valence-corrected chi connectivity index (χ3v) is 5.23. The molecule has 0 aliphatic carbocycles. The smallest absolute Gasteiger partial charge is 0.246 e. The van der Waals surface area contributed by atoms with Gasteiger partial charge in [0.2, 0.25) is 5.91 Å². The van der Waals surface area contributed by atoms with Crippen LogP contribution in [0.5, 0.6) is 11.5 Å². The first kappa shape index (κ1) is 18.4. The van der Waals surface area contributed by atoms with E-state index in [-0.39, 0.29) is 5.91 Å². The lowest BCUT2D eigenvalue weighted by Gasteiger charge is -2.36. The number of anilines is 1. The third-order valence-electron chi connectivity index (χ3n) is 5.23. The van der Waals surface area contributed by atoms with Gasteiger partial charge in [-0.05, 0) is 48.4 Å². The largest absolute Gasteiger partial charge is 0.493 e. The minimum atomic E-state index is 0.0643. The summed E-state index contributed by atoms with van der Waals surface area (Å²) in [5.41, 5.74) is 3.37. The molecule has 0 N–H and O–H groups in total. The van der Waals surface area contributed by atoms with Crippen molar-refractivity contribution in [3.05, 3.63) is 59.7 Å². The second-order valence-electron chi connectivity index (χ2n) is 7.01. The SMILES string of the molecule is CCOc1ccccc1N1CCN(C(=O)/C=C/c2ccc3c(c2)CCO3)CC1. The number of piperazine rings is 1. The molecule has 0 radical (unpaired) electrons. The van der Waals surface area contributed by atoms with E-state index < -0.39 is 0 Å². The molecule has 2 aromatic carbocycles. The topological polar surface area (TPSA) is 42.0 Å². The molecule has 0 unspecified atom stereocenters. The third kappa shape index (κ3) is 3.98. The van der Waals surface area contributed by atoms with E-state index in [4.69, 9.17) is 9.47 Å². The van der Waals surface area contributed by atoms with E-state index in [1.165, 1.54) is 5.56 Å². The van der Waals surface area contributed by atoms with Crippen molar-refractivity contribution in [1.82, 2.24) is 4.90 Å². The lowest BCUT2D eigenvalue weighted by atomic mass is 10.1. The zero-order valence-electron chi connectivity index (χ0n) is 16.3. The Morgan fingerprint density at radius 1 is 1.14 bits per heavy atom. The number of carbonyl (C=O) groups is 1. The number of para-hydroxylation sites is 2. The first-order valence-electron chi connectivity index (χ1n) is 9.94. The summed E-state index contributed by atoms with van der Waals surface area (Å²) < 4.78 is 11.3. The molecule has 2 heterocycles. The van der Waals surface area contributed by atoms with E-state index in [2.05, 4.69) is 17.0 Å². The van der Waals surface area contributed by atoms with Gasteiger partial charge in [-0.25, -0.2) is 0 Å². The fourth-order valence-corrected chi connectivity index (χ4v) is 3.75. The summed E-state index contributed by atoms with van der Waals surface area (Å²) in [6, 6.07) is 14.2. The van der Waals surface area contributed by atoms with Crippen LogP contribution in [-0.4, -0.2) is 50.2 Å². The molecule has 1 amide bonds. The number of ether oxygens (including phenoxy) is 2. The van der Waals surface area contributed by atoms with E-state index in [0.29, 0.717) is 19.7 Å². The van der Waals surface area contributed by atoms with Crippen molar-refractivity contribution in [3.8, 4) is 11.5 Å². The van der Waals surface area contributed by atoms with E-state index in [1.54, 1.807) is 6.08 Å². The number of rotatable bonds is 5. The minimum Gasteiger partial charge on any atom is -0.493 e. The summed E-state index contributed by atoms with van der Waals surface area (Å²) in [4.78, 5) is 16.8. The molecule has 28 heavy (non-hydrogen) atoms. The van der Waals surface area contributed by atoms with Crippen LogP contribution in [-0.2, 0) is 11.2 Å². The van der Waals surface area contributed by atoms with Crippen molar-refractivity contribution in [2.75, 3.05) is 44.3 Å². The molecule has 146 valence electrons. The average molecular weight is 378 g/mol. The first-order chi connectivity index (χ1) is 13.7. The quantitative estimate of drug-likeness (QED) is 0.748. The predicted octanol–water partition coefficient (Wildman–Crippen LogP) is 3.38. The van der Waals surface area contributed by atoms with Crippen molar-refractivity contribution >= 4 is 17.7 Å². The Morgan fingerprint density at radius 2 is 1.96 bits per heavy atom. The lowest BCUT2D eigenvalue weighted by Crippen LogP contribution is -2.48. The number of nitrogens with zero attached hydrogens (tertiary/aromatic N) is 2. The molecule has 0 spiro atoms. The Labute approximate surface area is 166 Å². The second kappa shape index (κ2) is 8.38. The Kier molecular flexibility index (Phi) is 5.51. The highest BCUT2D eigenvalue weighted by molar-refractivity contribution is 5.92. The number of amides is 1. The maximum absolute atomic E-state index is 12.6. The zero-order valence-corrected chi connectivity index (χ0v) is 16.3. The molecule has 1 saturated heterocycles. The summed E-state index contributed by atoms with van der Waals surface area (Å²) in [6.45, 7) is 6.42. The summed E-state index contributed by atoms with van der Waals surface area (Å²) in [5, 5.41) is 0. The van der Waals surface area contributed by atoms with Crippen molar-refractivity contribution in [2.24, 2.45) is 0 Å². The predicted molar refractivity (Wildman–Crippen MR) is 111 cm³/mol. The molecule has 2 aliphatic rings. The van der Waals surface area contributed by atoms with Gasteiger partial charge in [0.1, 0.15) is 11.5 Å². The van der Waals surface area contributed by atoms with Gasteiger partial charge in [0.15, 0.2) is 0 Å². The summed E-state index contributed by atoms with van der Waals surface area (Å²) >= 11 is 0. The average Bonchev–Trinajstić information content (AvgIpc) is 3.21. The number of benzene rings is 2. The molecule has 2 aliphatic heterocycles. The first-order valence-corrected chi connectivity index (χ1v) is 9.94. The fraction of sp³-hybridized carbons (Fsp3) is 0.348. The molecule has 0 bridgehead atoms. The van der Waals surface area contributed by atoms with Crippen molar-refractivity contribution in [3.63, 3.8) is 0 Å². The Bertz CT molecular complexity index is 870. The fourth-order valence-electron chi connectivity index (χ4n) is 3.75. The van der Waals surface area contributed by atoms with Crippen molar-refractivity contribution in [2.45, 2.75) is 13.3 Å². The number of hydrogen-bond donors (Lipinski definition) is 0. The van der Waals surface area contributed by atoms with E-state index in [0.717, 1.165) is 48.9 Å². The van der Waals surface area contributed by atoms with Crippen LogP contribution in [0.15, 0.2) is 48.5 Å². The normalized spacial score (nSPS) is 16.2. The number of hydrogen-bond acceptors (Lipinski definition) is 4. The van der Waals surface area contributed by atoms with Crippen LogP contribution in [0.4, 0.5) is 5.69 Å². The van der Waals surface area contributed by atoms with Crippen LogP contribution in [0.3, 0.4) is 0 Å². The maximum atomic E-state index is 12.6. The van der Waals surface area contributed by atoms with Crippen LogP contribution in [0.2, 0.25) is 0 Å². The number of carbonyl (C=O) groups excluding carboxylic acids is 1. The van der Waals surface area contributed by atoms with Gasteiger partial charge in [0, 0.05) is 38.7 Å². The molecule has 4 rings (SSSR count). The second-order valence-corrected chi connectivity index (χ2v) is 7.01. The Morgan fingerprint density at radius 3 is 2.79 bits per heavy atom. The summed E-state index contributed by atoms with van der Waals surface area (Å²) in [6.07, 6.45) is 4.52. The van der Waals surface area contributed by atoms with Crippen LogP contribution < -0.4 is 14.4 Å². The van der Waals surface area contributed by atoms with Gasteiger partial charge >= 0.3 is 0 Å². The van der Waals surface area contributed by atoms with Gasteiger partial charge in [-0.3, -0.25) is 4.79 Å². The van der Waals surface area contributed by atoms with Gasteiger partial charge in [-0.1, -0.05) is 18.2 Å². The van der Waals surface area contributed by atoms with Gasteiger partial charge in [-0.2, -0.15) is 0 Å². The monoisotopic (exact) mass is 378 g/mol. The molecule has 5 heteroatoms. The lowest BCUT2D eigenvalue weighted by molar-refractivity contribution is -0.126. The Balaban J connectivity index is 1.35. The van der Waals surface area contributed by atoms with Gasteiger partial charge < -0.3 is 19.3 Å². The number of fused-ring (bicyclic) bond motifs is 1. The highest BCUT2D eigenvalue weighted by atomic mass is 16.5. The van der Waals surface area contributed by atoms with Gasteiger partial charge in [0.05, 0.1) is 18.9 Å². The van der Waals surface area contributed by atoms with E-state index in [9.17, 15) is 4.79 Å². The highest BCUT2D eigenvalue weighted by Gasteiger charge is 2.21. The molecule has 0 aromatic heterocycles. The highest BCUT2D eigenvalue weighted by Crippen LogP contribution is 2.29. The van der Waals surface area contributed by atoms with Crippen LogP contribution >= 0.6 is 0 Å². The minimum absolute atomic E-state index is 0.0643. The van der Waals surface area contributed by atoms with Crippen LogP contribution in [0.25, 0.3) is 6.08 Å². The summed E-state index contributed by atoms with van der Waals surface area (Å²) in [5.74, 6) is 1.94. The zero-order chi connectivity index (χ0) is 19.3. The molecular weight excluding hydrogens is 352 g/mol. The molecule has 2 aromatic rings. The standard InChI is InChI=1S/C23H26N2O3/c1-2-27-22-6-4-3-5-20(22)24-12-14-25(15-13-24)23(26)10-8-18-7-9-21-19(17-18)11-16-28-21/h3-10,17H,2,11-16H2,1H3/b10-8+. The van der Waals surface area contributed by atoms with E-state index >= 15 is 0 Å². The van der Waals surface area contributed by atoms with Crippen molar-refractivity contribution in [1.29, 1.82) is 0 Å². The van der Waals surface area contributed by atoms with Crippen LogP contribution in [0.1, 0.15) is 18.1 Å². The molecule has 0 atom stereocenters. The molecule has 1 fully saturated rings. The maximum Gasteiger partial charge on any atom is 0.246 e. The Hall–Kier alpha value is -2.95. The van der Waals surface area contributed by atoms with E-state index in [1.807, 2.05) is 48.2 Å². The molecular formula is C23H26N2O3. The van der Waals surface area contributed by atoms with Gasteiger partial charge in [-0.15, -0.1) is 0 Å². The van der Waals surface area contributed by atoms with Crippen LogP contribution in [0, 0.1) is 0 Å². The summed E-state index contributed by atoms with van der Waals surface area (Å²) in [7, 11) is 0.